The third kappa shape index (κ3) is 7.03. The summed E-state index contributed by atoms with van der Waals surface area (Å²) in [5.74, 6) is 2.27. The zero-order valence-corrected chi connectivity index (χ0v) is 26.9. The van der Waals surface area contributed by atoms with Crippen LogP contribution in [-0.2, 0) is 16.6 Å². The Balaban J connectivity index is 1.04. The van der Waals surface area contributed by atoms with Crippen molar-refractivity contribution in [3.8, 4) is 5.69 Å². The van der Waals surface area contributed by atoms with E-state index in [9.17, 15) is 9.59 Å². The number of hydrogen-bond donors (Lipinski definition) is 2. The van der Waals surface area contributed by atoms with Gasteiger partial charge < -0.3 is 10.2 Å². The van der Waals surface area contributed by atoms with E-state index >= 15 is 0 Å². The molecule has 2 saturated heterocycles. The summed E-state index contributed by atoms with van der Waals surface area (Å²) >= 11 is 0. The molecular formula is C37H49N5O2. The molecule has 0 spiro atoms. The fourth-order valence-corrected chi connectivity index (χ4v) is 7.66. The Morgan fingerprint density at radius 2 is 1.50 bits per heavy atom. The van der Waals surface area contributed by atoms with Gasteiger partial charge in [0.05, 0.1) is 11.4 Å². The number of carbonyl (C=O) groups excluding carboxylic acids is 2. The Kier molecular flexibility index (Phi) is 8.84. The third-order valence-electron chi connectivity index (χ3n) is 10.0. The molecule has 1 aromatic heterocycles. The molecule has 2 aromatic carbocycles. The second-order valence-corrected chi connectivity index (χ2v) is 14.6. The molecule has 2 atom stereocenters. The van der Waals surface area contributed by atoms with Crippen LogP contribution in [0.5, 0.6) is 0 Å². The Bertz CT molecular complexity index is 1430. The van der Waals surface area contributed by atoms with Crippen LogP contribution >= 0.6 is 0 Å². The second kappa shape index (κ2) is 12.8. The first-order valence-corrected chi connectivity index (χ1v) is 16.8. The highest BCUT2D eigenvalue weighted by atomic mass is 16.2. The fraction of sp³-hybridized carbons (Fsp3) is 0.541. The van der Waals surface area contributed by atoms with Gasteiger partial charge in [-0.3, -0.25) is 10.1 Å². The molecule has 7 nitrogen and oxygen atoms in total. The molecule has 2 aliphatic heterocycles. The van der Waals surface area contributed by atoms with Crippen molar-refractivity contribution >= 4 is 23.4 Å². The maximum atomic E-state index is 13.3. The molecule has 3 aromatic rings. The average Bonchev–Trinajstić information content (AvgIpc) is 3.53. The SMILES string of the molecule is Cc1ccc(-n2nc(C(C)(C)C)cc2NC(=O)Nc2ccc(CC3CC4CCC(C3)N4C(=O)CC3CCCCC3)cc2)cc1. The average molecular weight is 596 g/mol. The van der Waals surface area contributed by atoms with Crippen LogP contribution in [-0.4, -0.2) is 38.7 Å². The summed E-state index contributed by atoms with van der Waals surface area (Å²) < 4.78 is 1.80. The van der Waals surface area contributed by atoms with E-state index in [4.69, 9.17) is 5.10 Å². The Morgan fingerprint density at radius 1 is 0.841 bits per heavy atom. The molecule has 3 amide bonds. The Hall–Kier alpha value is -3.61. The van der Waals surface area contributed by atoms with E-state index in [-0.39, 0.29) is 11.4 Å². The Labute approximate surface area is 262 Å². The number of amides is 3. The number of fused-ring (bicyclic) bond motifs is 2. The number of nitrogens with one attached hydrogen (secondary N) is 2. The molecule has 6 rings (SSSR count). The minimum atomic E-state index is -0.298. The summed E-state index contributed by atoms with van der Waals surface area (Å²) in [4.78, 5) is 28.6. The summed E-state index contributed by atoms with van der Waals surface area (Å²) in [7, 11) is 0. The van der Waals surface area contributed by atoms with E-state index in [1.54, 1.807) is 4.68 Å². The molecule has 3 fully saturated rings. The van der Waals surface area contributed by atoms with Gasteiger partial charge in [0.1, 0.15) is 5.82 Å². The summed E-state index contributed by atoms with van der Waals surface area (Å²) in [5, 5.41) is 10.8. The first-order chi connectivity index (χ1) is 21.1. The van der Waals surface area contributed by atoms with Gasteiger partial charge in [0.15, 0.2) is 0 Å². The number of piperidine rings is 1. The molecule has 1 saturated carbocycles. The summed E-state index contributed by atoms with van der Waals surface area (Å²) in [6.07, 6.45) is 12.7. The van der Waals surface area contributed by atoms with Gasteiger partial charge in [-0.1, -0.05) is 69.9 Å². The normalized spacial score (nSPS) is 22.2. The van der Waals surface area contributed by atoms with Gasteiger partial charge >= 0.3 is 6.03 Å². The number of benzene rings is 2. The Morgan fingerprint density at radius 3 is 2.14 bits per heavy atom. The quantitative estimate of drug-likeness (QED) is 0.288. The molecular weight excluding hydrogens is 546 g/mol. The van der Waals surface area contributed by atoms with Crippen molar-refractivity contribution in [2.75, 3.05) is 10.6 Å². The first kappa shape index (κ1) is 30.4. The van der Waals surface area contributed by atoms with Gasteiger partial charge in [0, 0.05) is 35.7 Å². The van der Waals surface area contributed by atoms with Gasteiger partial charge in [0.2, 0.25) is 5.91 Å². The molecule has 1 aliphatic carbocycles. The number of nitrogens with zero attached hydrogens (tertiary/aromatic N) is 3. The molecule has 2 unspecified atom stereocenters. The van der Waals surface area contributed by atoms with Crippen molar-refractivity contribution in [3.05, 3.63) is 71.4 Å². The van der Waals surface area contributed by atoms with Crippen LogP contribution in [0.15, 0.2) is 54.6 Å². The molecule has 2 bridgehead atoms. The number of aromatic nitrogens is 2. The number of anilines is 2. The first-order valence-electron chi connectivity index (χ1n) is 16.8. The van der Waals surface area contributed by atoms with Gasteiger partial charge in [-0.05, 0) is 93.5 Å². The van der Waals surface area contributed by atoms with E-state index < -0.39 is 0 Å². The number of carbonyl (C=O) groups is 2. The highest BCUT2D eigenvalue weighted by Gasteiger charge is 2.43. The molecule has 2 N–H and O–H groups in total. The van der Waals surface area contributed by atoms with Crippen LogP contribution in [0.4, 0.5) is 16.3 Å². The van der Waals surface area contributed by atoms with Gasteiger partial charge in [-0.15, -0.1) is 0 Å². The van der Waals surface area contributed by atoms with Gasteiger partial charge in [-0.25, -0.2) is 9.48 Å². The van der Waals surface area contributed by atoms with Crippen molar-refractivity contribution in [2.24, 2.45) is 11.8 Å². The van der Waals surface area contributed by atoms with Crippen molar-refractivity contribution in [2.45, 2.75) is 116 Å². The van der Waals surface area contributed by atoms with Crippen LogP contribution < -0.4 is 10.6 Å². The zero-order chi connectivity index (χ0) is 30.8. The minimum absolute atomic E-state index is 0.153. The van der Waals surface area contributed by atoms with Crippen LogP contribution in [0, 0.1) is 18.8 Å². The monoisotopic (exact) mass is 595 g/mol. The third-order valence-corrected chi connectivity index (χ3v) is 10.0. The molecule has 3 heterocycles. The van der Waals surface area contributed by atoms with Crippen molar-refractivity contribution in [1.29, 1.82) is 0 Å². The highest BCUT2D eigenvalue weighted by Crippen LogP contribution is 2.41. The van der Waals surface area contributed by atoms with Crippen LogP contribution in [0.2, 0.25) is 0 Å². The predicted octanol–water partition coefficient (Wildman–Crippen LogP) is 8.40. The maximum absolute atomic E-state index is 13.3. The number of hydrogen-bond acceptors (Lipinski definition) is 3. The van der Waals surface area contributed by atoms with E-state index in [2.05, 4.69) is 55.4 Å². The lowest BCUT2D eigenvalue weighted by Gasteiger charge is -2.40. The molecule has 7 heteroatoms. The van der Waals surface area contributed by atoms with Crippen LogP contribution in [0.1, 0.15) is 102 Å². The maximum Gasteiger partial charge on any atom is 0.324 e. The number of rotatable bonds is 7. The summed E-state index contributed by atoms with van der Waals surface area (Å²) in [5.41, 5.74) is 4.87. The standard InChI is InChI=1S/C37H49N5O2/c1-25-10-16-30(17-11-25)42-34(24-33(40-42)37(2,3)4)39-36(44)38-29-14-12-27(13-15-29)20-28-21-31-18-19-32(22-28)41(31)35(43)23-26-8-6-5-7-9-26/h10-17,24,26,28,31-32H,5-9,18-23H2,1-4H3,(H2,38,39,44). The van der Waals surface area contributed by atoms with Crippen molar-refractivity contribution < 1.29 is 9.59 Å². The molecule has 234 valence electrons. The second-order valence-electron chi connectivity index (χ2n) is 14.6. The van der Waals surface area contributed by atoms with E-state index in [0.29, 0.717) is 35.6 Å². The zero-order valence-electron chi connectivity index (χ0n) is 26.9. The van der Waals surface area contributed by atoms with Crippen molar-refractivity contribution in [1.82, 2.24) is 14.7 Å². The number of urea groups is 1. The fourth-order valence-electron chi connectivity index (χ4n) is 7.66. The van der Waals surface area contributed by atoms with Gasteiger partial charge in [0.25, 0.3) is 0 Å². The minimum Gasteiger partial charge on any atom is -0.337 e. The van der Waals surface area contributed by atoms with Crippen LogP contribution in [0.3, 0.4) is 0 Å². The lowest BCUT2D eigenvalue weighted by molar-refractivity contribution is -0.137. The highest BCUT2D eigenvalue weighted by molar-refractivity contribution is 5.99. The molecule has 0 radical (unpaired) electrons. The van der Waals surface area contributed by atoms with E-state index in [1.807, 2.05) is 42.5 Å². The molecule has 3 aliphatic rings. The number of aryl methyl sites for hydroxylation is 1. The largest absolute Gasteiger partial charge is 0.337 e. The smallest absolute Gasteiger partial charge is 0.324 e. The summed E-state index contributed by atoms with van der Waals surface area (Å²) in [6.45, 7) is 8.41. The topological polar surface area (TPSA) is 79.3 Å². The van der Waals surface area contributed by atoms with Crippen molar-refractivity contribution in [3.63, 3.8) is 0 Å². The van der Waals surface area contributed by atoms with E-state index in [1.165, 1.54) is 43.2 Å². The lowest BCUT2D eigenvalue weighted by Crippen LogP contribution is -2.47. The van der Waals surface area contributed by atoms with Gasteiger partial charge in [-0.2, -0.15) is 5.10 Å². The summed E-state index contributed by atoms with van der Waals surface area (Å²) in [6, 6.07) is 18.9. The van der Waals surface area contributed by atoms with Crippen LogP contribution in [0.25, 0.3) is 5.69 Å². The predicted molar refractivity (Wildman–Crippen MR) is 177 cm³/mol. The van der Waals surface area contributed by atoms with E-state index in [0.717, 1.165) is 55.6 Å². The molecule has 44 heavy (non-hydrogen) atoms. The lowest BCUT2D eigenvalue weighted by atomic mass is 9.84.